The Morgan fingerprint density at radius 2 is 1.55 bits per heavy atom. The van der Waals surface area contributed by atoms with Crippen LogP contribution in [0.15, 0.2) is 83.8 Å². The minimum absolute atomic E-state index is 0.0983. The molecule has 3 aromatic rings. The summed E-state index contributed by atoms with van der Waals surface area (Å²) < 4.78 is 0. The zero-order valence-corrected chi connectivity index (χ0v) is 18.7. The molecule has 7 heteroatoms. The Hall–Kier alpha value is -3.58. The molecule has 2 atom stereocenters. The third-order valence-corrected chi connectivity index (χ3v) is 6.65. The molecule has 6 nitrogen and oxygen atoms in total. The number of carboxylic acids is 1. The lowest BCUT2D eigenvalue weighted by Crippen LogP contribution is -2.34. The number of hydrogen-bond acceptors (Lipinski definition) is 4. The maximum atomic E-state index is 12.6. The average Bonchev–Trinajstić information content (AvgIpc) is 2.84. The SMILES string of the molecule is O=C(CSc1ccc(NC(=O)C2CC=CCC2C(=O)O)cc1)Nc1cccc2ccccc12. The Bertz CT molecular complexity index is 1200. The number of thioether (sulfide) groups is 1. The zero-order valence-electron chi connectivity index (χ0n) is 17.9. The summed E-state index contributed by atoms with van der Waals surface area (Å²) in [6.07, 6.45) is 4.45. The lowest BCUT2D eigenvalue weighted by atomic mass is 9.82. The van der Waals surface area contributed by atoms with E-state index in [0.717, 1.165) is 21.4 Å². The van der Waals surface area contributed by atoms with Gasteiger partial charge in [0.05, 0.1) is 17.6 Å². The van der Waals surface area contributed by atoms with Gasteiger partial charge >= 0.3 is 5.97 Å². The number of rotatable bonds is 7. The number of aliphatic carboxylic acids is 1. The number of amides is 2. The normalized spacial score (nSPS) is 17.5. The van der Waals surface area contributed by atoms with E-state index in [2.05, 4.69) is 10.6 Å². The van der Waals surface area contributed by atoms with Crippen LogP contribution in [0.4, 0.5) is 11.4 Å². The summed E-state index contributed by atoms with van der Waals surface area (Å²) in [4.78, 5) is 37.4. The number of carboxylic acid groups (broad SMARTS) is 1. The fourth-order valence-corrected chi connectivity index (χ4v) is 4.61. The maximum absolute atomic E-state index is 12.6. The molecule has 168 valence electrons. The minimum Gasteiger partial charge on any atom is -0.481 e. The van der Waals surface area contributed by atoms with Crippen molar-refractivity contribution >= 4 is 51.7 Å². The average molecular weight is 461 g/mol. The van der Waals surface area contributed by atoms with Crippen molar-refractivity contribution in [1.82, 2.24) is 0 Å². The highest BCUT2D eigenvalue weighted by molar-refractivity contribution is 8.00. The molecular formula is C26H24N2O4S. The van der Waals surface area contributed by atoms with Crippen molar-refractivity contribution in [1.29, 1.82) is 0 Å². The van der Waals surface area contributed by atoms with Crippen LogP contribution in [-0.2, 0) is 14.4 Å². The van der Waals surface area contributed by atoms with Gasteiger partial charge in [0.1, 0.15) is 0 Å². The van der Waals surface area contributed by atoms with Gasteiger partial charge < -0.3 is 15.7 Å². The van der Waals surface area contributed by atoms with Crippen LogP contribution in [0.1, 0.15) is 12.8 Å². The first-order chi connectivity index (χ1) is 16.0. The van der Waals surface area contributed by atoms with E-state index in [1.165, 1.54) is 11.8 Å². The van der Waals surface area contributed by atoms with E-state index < -0.39 is 17.8 Å². The third-order valence-electron chi connectivity index (χ3n) is 5.64. The Balaban J connectivity index is 1.31. The van der Waals surface area contributed by atoms with Gasteiger partial charge in [-0.05, 0) is 48.6 Å². The summed E-state index contributed by atoms with van der Waals surface area (Å²) in [5.74, 6) is -2.37. The predicted octanol–water partition coefficient (Wildman–Crippen LogP) is 5.18. The van der Waals surface area contributed by atoms with Crippen LogP contribution in [0, 0.1) is 11.8 Å². The third kappa shape index (κ3) is 5.62. The van der Waals surface area contributed by atoms with E-state index in [1.54, 1.807) is 12.1 Å². The van der Waals surface area contributed by atoms with Crippen molar-refractivity contribution in [3.8, 4) is 0 Å². The fourth-order valence-electron chi connectivity index (χ4n) is 3.92. The minimum atomic E-state index is -0.951. The van der Waals surface area contributed by atoms with Gasteiger partial charge in [0.15, 0.2) is 0 Å². The number of hydrogen-bond donors (Lipinski definition) is 3. The molecule has 1 aliphatic rings. The first kappa shape index (κ1) is 22.6. The van der Waals surface area contributed by atoms with Crippen molar-refractivity contribution in [2.24, 2.45) is 11.8 Å². The number of carbonyl (C=O) groups is 3. The monoisotopic (exact) mass is 460 g/mol. The lowest BCUT2D eigenvalue weighted by molar-refractivity contribution is -0.146. The van der Waals surface area contributed by atoms with E-state index in [9.17, 15) is 19.5 Å². The van der Waals surface area contributed by atoms with Gasteiger partial charge in [-0.1, -0.05) is 48.6 Å². The summed E-state index contributed by atoms with van der Waals surface area (Å²) >= 11 is 1.40. The predicted molar refractivity (Wildman–Crippen MR) is 131 cm³/mol. The number of benzene rings is 3. The Morgan fingerprint density at radius 1 is 0.848 bits per heavy atom. The van der Waals surface area contributed by atoms with Crippen LogP contribution in [0.3, 0.4) is 0 Å². The first-order valence-corrected chi connectivity index (χ1v) is 11.7. The second-order valence-corrected chi connectivity index (χ2v) is 8.92. The molecule has 0 radical (unpaired) electrons. The van der Waals surface area contributed by atoms with Crippen LogP contribution in [0.5, 0.6) is 0 Å². The molecule has 4 rings (SSSR count). The molecule has 1 aliphatic carbocycles. The van der Waals surface area contributed by atoms with E-state index >= 15 is 0 Å². The zero-order chi connectivity index (χ0) is 23.2. The number of fused-ring (bicyclic) bond motifs is 1. The quantitative estimate of drug-likeness (QED) is 0.334. The topological polar surface area (TPSA) is 95.5 Å². The van der Waals surface area contributed by atoms with Crippen LogP contribution >= 0.6 is 11.8 Å². The van der Waals surface area contributed by atoms with Gasteiger partial charge in [0, 0.05) is 21.7 Å². The molecule has 0 aliphatic heterocycles. The molecule has 2 unspecified atom stereocenters. The second kappa shape index (κ2) is 10.4. The summed E-state index contributed by atoms with van der Waals surface area (Å²) in [6.45, 7) is 0. The molecule has 3 N–H and O–H groups in total. The highest BCUT2D eigenvalue weighted by atomic mass is 32.2. The van der Waals surface area contributed by atoms with Gasteiger partial charge in [-0.2, -0.15) is 0 Å². The molecule has 0 saturated heterocycles. The van der Waals surface area contributed by atoms with E-state index in [4.69, 9.17) is 0 Å². The van der Waals surface area contributed by atoms with Gasteiger partial charge in [-0.15, -0.1) is 11.8 Å². The van der Waals surface area contributed by atoms with Crippen molar-refractivity contribution in [3.05, 3.63) is 78.9 Å². The second-order valence-electron chi connectivity index (χ2n) is 7.87. The first-order valence-electron chi connectivity index (χ1n) is 10.7. The molecule has 3 aromatic carbocycles. The van der Waals surface area contributed by atoms with Crippen LogP contribution in [0.2, 0.25) is 0 Å². The molecule has 2 amide bonds. The van der Waals surface area contributed by atoms with Crippen molar-refractivity contribution in [3.63, 3.8) is 0 Å². The van der Waals surface area contributed by atoms with E-state index in [0.29, 0.717) is 18.5 Å². The number of allylic oxidation sites excluding steroid dienone is 2. The molecular weight excluding hydrogens is 436 g/mol. The van der Waals surface area contributed by atoms with E-state index in [-0.39, 0.29) is 17.6 Å². The van der Waals surface area contributed by atoms with Crippen LogP contribution < -0.4 is 10.6 Å². The highest BCUT2D eigenvalue weighted by Crippen LogP contribution is 2.28. The van der Waals surface area contributed by atoms with Crippen molar-refractivity contribution in [2.45, 2.75) is 17.7 Å². The number of anilines is 2. The summed E-state index contributed by atoms with van der Waals surface area (Å²) in [7, 11) is 0. The highest BCUT2D eigenvalue weighted by Gasteiger charge is 2.33. The smallest absolute Gasteiger partial charge is 0.307 e. The summed E-state index contributed by atoms with van der Waals surface area (Å²) in [5, 5.41) is 17.2. The van der Waals surface area contributed by atoms with Crippen LogP contribution in [-0.4, -0.2) is 28.6 Å². The number of nitrogens with one attached hydrogen (secondary N) is 2. The van der Waals surface area contributed by atoms with Crippen LogP contribution in [0.25, 0.3) is 10.8 Å². The summed E-state index contributed by atoms with van der Waals surface area (Å²) in [5.41, 5.74) is 1.39. The Labute approximate surface area is 196 Å². The lowest BCUT2D eigenvalue weighted by Gasteiger charge is -2.24. The Morgan fingerprint density at radius 3 is 2.30 bits per heavy atom. The van der Waals surface area contributed by atoms with E-state index in [1.807, 2.05) is 66.7 Å². The van der Waals surface area contributed by atoms with Crippen molar-refractivity contribution < 1.29 is 19.5 Å². The summed E-state index contributed by atoms with van der Waals surface area (Å²) in [6, 6.07) is 20.9. The van der Waals surface area contributed by atoms with Gasteiger partial charge in [-0.3, -0.25) is 14.4 Å². The molecule has 0 aromatic heterocycles. The molecule has 0 heterocycles. The molecule has 0 bridgehead atoms. The fraction of sp³-hybridized carbons (Fsp3) is 0.192. The molecule has 33 heavy (non-hydrogen) atoms. The van der Waals surface area contributed by atoms with Crippen molar-refractivity contribution in [2.75, 3.05) is 16.4 Å². The van der Waals surface area contributed by atoms with Gasteiger partial charge in [-0.25, -0.2) is 0 Å². The molecule has 0 saturated carbocycles. The largest absolute Gasteiger partial charge is 0.481 e. The Kier molecular flexibility index (Phi) is 7.10. The maximum Gasteiger partial charge on any atom is 0.307 e. The standard InChI is InChI=1S/C26H24N2O4S/c29-24(28-23-11-5-7-17-6-1-2-8-20(17)23)16-33-19-14-12-18(13-15-19)27-25(30)21-9-3-4-10-22(21)26(31)32/h1-8,11-15,21-22H,9-10,16H2,(H,27,30)(H,28,29)(H,31,32). The number of carbonyl (C=O) groups excluding carboxylic acids is 2. The molecule has 0 spiro atoms. The molecule has 0 fully saturated rings. The van der Waals surface area contributed by atoms with Gasteiger partial charge in [0.2, 0.25) is 11.8 Å². The van der Waals surface area contributed by atoms with Gasteiger partial charge in [0.25, 0.3) is 0 Å².